The number of hydrogen-bond acceptors (Lipinski definition) is 4. The molecule has 0 fully saturated rings. The molecule has 1 aliphatic heterocycles. The zero-order chi connectivity index (χ0) is 17.8. The Hall–Kier alpha value is -3.09. The van der Waals surface area contributed by atoms with Crippen LogP contribution in [-0.2, 0) is 4.79 Å². The van der Waals surface area contributed by atoms with Crippen molar-refractivity contribution in [3.63, 3.8) is 0 Å². The molecule has 6 nitrogen and oxygen atoms in total. The SMILES string of the molecule is CC(=O)N(CCNC(=O)c1ccc2c(c1)OCO2)c1ccc(F)cc1. The Morgan fingerprint density at radius 3 is 2.56 bits per heavy atom. The lowest BCUT2D eigenvalue weighted by molar-refractivity contribution is -0.116. The van der Waals surface area contributed by atoms with Gasteiger partial charge in [-0.3, -0.25) is 9.59 Å². The maximum Gasteiger partial charge on any atom is 0.251 e. The topological polar surface area (TPSA) is 67.9 Å². The molecule has 1 heterocycles. The van der Waals surface area contributed by atoms with E-state index in [0.717, 1.165) is 0 Å². The van der Waals surface area contributed by atoms with Crippen LogP contribution >= 0.6 is 0 Å². The molecule has 2 amide bonds. The molecule has 0 unspecified atom stereocenters. The van der Waals surface area contributed by atoms with Crippen LogP contribution in [0.5, 0.6) is 11.5 Å². The molecule has 0 aromatic heterocycles. The molecule has 2 aromatic carbocycles. The summed E-state index contributed by atoms with van der Waals surface area (Å²) in [6.45, 7) is 2.09. The number of nitrogens with one attached hydrogen (secondary N) is 1. The minimum Gasteiger partial charge on any atom is -0.454 e. The lowest BCUT2D eigenvalue weighted by Gasteiger charge is -2.21. The molecule has 1 aliphatic rings. The van der Waals surface area contributed by atoms with Gasteiger partial charge in [0.05, 0.1) is 0 Å². The van der Waals surface area contributed by atoms with E-state index in [1.807, 2.05) is 0 Å². The van der Waals surface area contributed by atoms with Crippen LogP contribution in [-0.4, -0.2) is 31.7 Å². The number of carbonyl (C=O) groups is 2. The number of anilines is 1. The Labute approximate surface area is 144 Å². The normalized spacial score (nSPS) is 11.9. The van der Waals surface area contributed by atoms with Gasteiger partial charge in [0.1, 0.15) is 5.82 Å². The van der Waals surface area contributed by atoms with Crippen LogP contribution < -0.4 is 19.7 Å². The number of ether oxygens (including phenoxy) is 2. The van der Waals surface area contributed by atoms with Crippen molar-refractivity contribution in [2.45, 2.75) is 6.92 Å². The van der Waals surface area contributed by atoms with Crippen molar-refractivity contribution in [2.75, 3.05) is 24.8 Å². The van der Waals surface area contributed by atoms with Gasteiger partial charge in [-0.05, 0) is 42.5 Å². The lowest BCUT2D eigenvalue weighted by Crippen LogP contribution is -2.37. The summed E-state index contributed by atoms with van der Waals surface area (Å²) in [5.74, 6) is 0.299. The third kappa shape index (κ3) is 3.88. The maximum atomic E-state index is 13.0. The van der Waals surface area contributed by atoms with E-state index in [1.165, 1.54) is 36.1 Å². The number of carbonyl (C=O) groups excluding carboxylic acids is 2. The molecule has 2 aromatic rings. The molecule has 3 rings (SSSR count). The van der Waals surface area contributed by atoms with Crippen LogP contribution in [0.1, 0.15) is 17.3 Å². The molecule has 0 bridgehead atoms. The van der Waals surface area contributed by atoms with Gasteiger partial charge in [0.2, 0.25) is 12.7 Å². The molecule has 25 heavy (non-hydrogen) atoms. The third-order valence-corrected chi connectivity index (χ3v) is 3.77. The molecular formula is C18H17FN2O4. The fourth-order valence-corrected chi connectivity index (χ4v) is 2.51. The summed E-state index contributed by atoms with van der Waals surface area (Å²) in [7, 11) is 0. The first kappa shape index (κ1) is 16.8. The zero-order valence-corrected chi connectivity index (χ0v) is 13.6. The molecular weight excluding hydrogens is 327 g/mol. The number of rotatable bonds is 5. The van der Waals surface area contributed by atoms with E-state index in [2.05, 4.69) is 5.32 Å². The lowest BCUT2D eigenvalue weighted by atomic mass is 10.2. The molecule has 0 atom stereocenters. The Bertz CT molecular complexity index is 792. The average Bonchev–Trinajstić information content (AvgIpc) is 3.07. The fourth-order valence-electron chi connectivity index (χ4n) is 2.51. The quantitative estimate of drug-likeness (QED) is 0.904. The largest absolute Gasteiger partial charge is 0.454 e. The van der Waals surface area contributed by atoms with Gasteiger partial charge in [0.15, 0.2) is 11.5 Å². The van der Waals surface area contributed by atoms with Gasteiger partial charge in [0.25, 0.3) is 5.91 Å². The predicted octanol–water partition coefficient (Wildman–Crippen LogP) is 2.34. The summed E-state index contributed by atoms with van der Waals surface area (Å²) in [6.07, 6.45) is 0. The second kappa shape index (κ2) is 7.21. The standard InChI is InChI=1S/C18H17FN2O4/c1-12(22)21(15-5-3-14(19)4-6-15)9-8-20-18(23)13-2-7-16-17(10-13)25-11-24-16/h2-7,10H,8-9,11H2,1H3,(H,20,23). The van der Waals surface area contributed by atoms with Crippen LogP contribution in [0, 0.1) is 5.82 Å². The molecule has 0 radical (unpaired) electrons. The second-order valence-corrected chi connectivity index (χ2v) is 5.47. The highest BCUT2D eigenvalue weighted by molar-refractivity contribution is 5.95. The van der Waals surface area contributed by atoms with Crippen LogP contribution in [0.25, 0.3) is 0 Å². The van der Waals surface area contributed by atoms with Crippen LogP contribution in [0.2, 0.25) is 0 Å². The van der Waals surface area contributed by atoms with Gasteiger partial charge >= 0.3 is 0 Å². The van der Waals surface area contributed by atoms with Crippen molar-refractivity contribution >= 4 is 17.5 Å². The summed E-state index contributed by atoms with van der Waals surface area (Å²) in [6, 6.07) is 10.6. The first-order valence-electron chi connectivity index (χ1n) is 7.76. The summed E-state index contributed by atoms with van der Waals surface area (Å²) in [5, 5.41) is 2.75. The van der Waals surface area contributed by atoms with E-state index < -0.39 is 0 Å². The number of fused-ring (bicyclic) bond motifs is 1. The van der Waals surface area contributed by atoms with E-state index in [-0.39, 0.29) is 37.5 Å². The van der Waals surface area contributed by atoms with E-state index in [0.29, 0.717) is 22.7 Å². The highest BCUT2D eigenvalue weighted by Gasteiger charge is 2.17. The van der Waals surface area contributed by atoms with Crippen molar-refractivity contribution in [1.29, 1.82) is 0 Å². The highest BCUT2D eigenvalue weighted by Crippen LogP contribution is 2.32. The van der Waals surface area contributed by atoms with Crippen molar-refractivity contribution in [3.05, 3.63) is 53.8 Å². The minimum atomic E-state index is -0.372. The number of benzene rings is 2. The Morgan fingerprint density at radius 2 is 1.84 bits per heavy atom. The number of nitrogens with zero attached hydrogens (tertiary/aromatic N) is 1. The van der Waals surface area contributed by atoms with E-state index >= 15 is 0 Å². The van der Waals surface area contributed by atoms with Crippen molar-refractivity contribution in [3.8, 4) is 11.5 Å². The third-order valence-electron chi connectivity index (χ3n) is 3.77. The molecule has 1 N–H and O–H groups in total. The average molecular weight is 344 g/mol. The summed E-state index contributed by atoms with van der Waals surface area (Å²) in [5.41, 5.74) is 1.02. The molecule has 0 saturated heterocycles. The zero-order valence-electron chi connectivity index (χ0n) is 13.6. The smallest absolute Gasteiger partial charge is 0.251 e. The molecule has 130 valence electrons. The van der Waals surface area contributed by atoms with Crippen molar-refractivity contribution in [1.82, 2.24) is 5.32 Å². The van der Waals surface area contributed by atoms with Crippen molar-refractivity contribution < 1.29 is 23.5 Å². The monoisotopic (exact) mass is 344 g/mol. The van der Waals surface area contributed by atoms with E-state index in [9.17, 15) is 14.0 Å². The first-order valence-corrected chi connectivity index (χ1v) is 7.76. The fraction of sp³-hybridized carbons (Fsp3) is 0.222. The number of amides is 2. The van der Waals surface area contributed by atoms with Gasteiger partial charge < -0.3 is 19.7 Å². The molecule has 7 heteroatoms. The molecule has 0 saturated carbocycles. The second-order valence-electron chi connectivity index (χ2n) is 5.47. The van der Waals surface area contributed by atoms with Crippen LogP contribution in [0.3, 0.4) is 0 Å². The molecule has 0 aliphatic carbocycles. The minimum absolute atomic E-state index is 0.144. The van der Waals surface area contributed by atoms with Gasteiger partial charge in [-0.2, -0.15) is 0 Å². The number of halogens is 1. The maximum absolute atomic E-state index is 13.0. The van der Waals surface area contributed by atoms with Gasteiger partial charge in [-0.25, -0.2) is 4.39 Å². The summed E-state index contributed by atoms with van der Waals surface area (Å²) >= 11 is 0. The van der Waals surface area contributed by atoms with Gasteiger partial charge in [0, 0.05) is 31.3 Å². The van der Waals surface area contributed by atoms with E-state index in [4.69, 9.17) is 9.47 Å². The van der Waals surface area contributed by atoms with Crippen LogP contribution in [0.15, 0.2) is 42.5 Å². The Kier molecular flexibility index (Phi) is 4.83. The predicted molar refractivity (Wildman–Crippen MR) is 89.3 cm³/mol. The van der Waals surface area contributed by atoms with Crippen LogP contribution in [0.4, 0.5) is 10.1 Å². The number of hydrogen-bond donors (Lipinski definition) is 1. The Morgan fingerprint density at radius 1 is 1.12 bits per heavy atom. The Balaban J connectivity index is 1.59. The summed E-state index contributed by atoms with van der Waals surface area (Å²) in [4.78, 5) is 25.5. The van der Waals surface area contributed by atoms with E-state index in [1.54, 1.807) is 18.2 Å². The molecule has 0 spiro atoms. The van der Waals surface area contributed by atoms with Gasteiger partial charge in [-0.1, -0.05) is 0 Å². The van der Waals surface area contributed by atoms with Gasteiger partial charge in [-0.15, -0.1) is 0 Å². The van der Waals surface area contributed by atoms with Crippen molar-refractivity contribution in [2.24, 2.45) is 0 Å². The summed E-state index contributed by atoms with van der Waals surface area (Å²) < 4.78 is 23.5. The highest BCUT2D eigenvalue weighted by atomic mass is 19.1. The first-order chi connectivity index (χ1) is 12.0.